The van der Waals surface area contributed by atoms with E-state index >= 15 is 0 Å². The lowest BCUT2D eigenvalue weighted by atomic mass is 9.91. The monoisotopic (exact) mass is 472 g/mol. The third kappa shape index (κ3) is 5.19. The number of hydrogen-bond acceptors (Lipinski definition) is 7. The van der Waals surface area contributed by atoms with Crippen LogP contribution in [-0.4, -0.2) is 52.9 Å². The van der Waals surface area contributed by atoms with E-state index in [1.807, 2.05) is 30.1 Å². The van der Waals surface area contributed by atoms with Crippen molar-refractivity contribution in [1.82, 2.24) is 24.8 Å². The number of rotatable bonds is 10. The van der Waals surface area contributed by atoms with Crippen LogP contribution >= 0.6 is 0 Å². The lowest BCUT2D eigenvalue weighted by molar-refractivity contribution is -0.0300. The van der Waals surface area contributed by atoms with Crippen LogP contribution in [0.25, 0.3) is 11.2 Å². The molecule has 2 N–H and O–H groups in total. The van der Waals surface area contributed by atoms with Gasteiger partial charge in [0.2, 0.25) is 0 Å². The summed E-state index contributed by atoms with van der Waals surface area (Å²) in [5, 5.41) is 6.77. The van der Waals surface area contributed by atoms with E-state index in [1.54, 1.807) is 7.11 Å². The van der Waals surface area contributed by atoms with Crippen LogP contribution in [0.1, 0.15) is 41.9 Å². The second kappa shape index (κ2) is 10.9. The average molecular weight is 473 g/mol. The minimum Gasteiger partial charge on any atom is -0.382 e. The number of methoxy groups -OCH3 is 1. The van der Waals surface area contributed by atoms with Gasteiger partial charge in [-0.1, -0.05) is 60.7 Å². The van der Waals surface area contributed by atoms with Crippen molar-refractivity contribution in [3.63, 3.8) is 0 Å². The van der Waals surface area contributed by atoms with Gasteiger partial charge in [-0.05, 0) is 31.0 Å². The van der Waals surface area contributed by atoms with Crippen LogP contribution in [0, 0.1) is 0 Å². The van der Waals surface area contributed by atoms with Crippen LogP contribution in [-0.2, 0) is 16.0 Å². The highest BCUT2D eigenvalue weighted by atomic mass is 16.5. The molecule has 1 aliphatic heterocycles. The molecule has 1 fully saturated rings. The van der Waals surface area contributed by atoms with Gasteiger partial charge in [-0.15, -0.1) is 0 Å². The van der Waals surface area contributed by atoms with E-state index in [2.05, 4.69) is 59.2 Å². The van der Waals surface area contributed by atoms with Crippen LogP contribution in [0.3, 0.4) is 0 Å². The number of benzene rings is 2. The van der Waals surface area contributed by atoms with E-state index in [-0.39, 0.29) is 18.2 Å². The topological polar surface area (TPSA) is 86.1 Å². The van der Waals surface area contributed by atoms with Gasteiger partial charge >= 0.3 is 0 Å². The molecular formula is C27H32N6O2. The molecule has 2 aromatic carbocycles. The van der Waals surface area contributed by atoms with Gasteiger partial charge in [-0.25, -0.2) is 15.0 Å². The van der Waals surface area contributed by atoms with Gasteiger partial charge in [-0.3, -0.25) is 4.57 Å². The standard InChI is InChI=1S/C27H32N6O2/c1-28-16-23-31-26(25-27(32-23)33(18-30-25)24-14-13-21(35-24)17-34-2)29-15-22(19-9-5-3-6-10-19)20-11-7-4-8-12-20/h3-12,18,21-22,24,28H,13-17H2,1-2H3,(H,29,31,32). The molecule has 1 aliphatic rings. The summed E-state index contributed by atoms with van der Waals surface area (Å²) in [6, 6.07) is 21.1. The molecule has 0 aliphatic carbocycles. The number of imidazole rings is 1. The lowest BCUT2D eigenvalue weighted by Crippen LogP contribution is -2.18. The summed E-state index contributed by atoms with van der Waals surface area (Å²) in [6.07, 6.45) is 3.66. The Labute approximate surface area is 205 Å². The van der Waals surface area contributed by atoms with E-state index in [0.29, 0.717) is 25.5 Å². The Kier molecular flexibility index (Phi) is 7.32. The number of ether oxygens (including phenoxy) is 2. The Bertz CT molecular complexity index is 1190. The maximum atomic E-state index is 6.21. The number of nitrogens with zero attached hydrogens (tertiary/aromatic N) is 4. The fourth-order valence-corrected chi connectivity index (χ4v) is 4.73. The summed E-state index contributed by atoms with van der Waals surface area (Å²) in [4.78, 5) is 14.3. The molecule has 2 atom stereocenters. The molecule has 3 heterocycles. The summed E-state index contributed by atoms with van der Waals surface area (Å²) >= 11 is 0. The van der Waals surface area contributed by atoms with E-state index in [9.17, 15) is 0 Å². The van der Waals surface area contributed by atoms with Crippen LogP contribution in [0.5, 0.6) is 0 Å². The Morgan fingerprint density at radius 2 is 1.74 bits per heavy atom. The average Bonchev–Trinajstić information content (AvgIpc) is 3.53. The Morgan fingerprint density at radius 1 is 1.03 bits per heavy atom. The fraction of sp³-hybridized carbons (Fsp3) is 0.370. The molecule has 182 valence electrons. The first-order chi connectivity index (χ1) is 17.3. The van der Waals surface area contributed by atoms with Crippen LogP contribution < -0.4 is 10.6 Å². The van der Waals surface area contributed by atoms with Crippen molar-refractivity contribution in [2.75, 3.05) is 32.6 Å². The van der Waals surface area contributed by atoms with Crippen molar-refractivity contribution in [1.29, 1.82) is 0 Å². The SMILES string of the molecule is CNCc1nc(NCC(c2ccccc2)c2ccccc2)c2ncn(C3CCC(COC)O3)c2n1. The van der Waals surface area contributed by atoms with Crippen molar-refractivity contribution >= 4 is 17.0 Å². The van der Waals surface area contributed by atoms with E-state index < -0.39 is 0 Å². The van der Waals surface area contributed by atoms with E-state index in [0.717, 1.165) is 29.8 Å². The maximum Gasteiger partial charge on any atom is 0.167 e. The van der Waals surface area contributed by atoms with Crippen molar-refractivity contribution in [3.8, 4) is 0 Å². The number of hydrogen-bond donors (Lipinski definition) is 2. The van der Waals surface area contributed by atoms with Crippen LogP contribution in [0.4, 0.5) is 5.82 Å². The number of anilines is 1. The van der Waals surface area contributed by atoms with Crippen molar-refractivity contribution in [2.24, 2.45) is 0 Å². The summed E-state index contributed by atoms with van der Waals surface area (Å²) in [5.74, 6) is 1.62. The van der Waals surface area contributed by atoms with Gasteiger partial charge in [0.15, 0.2) is 17.0 Å². The Balaban J connectivity index is 1.46. The lowest BCUT2D eigenvalue weighted by Gasteiger charge is -2.20. The molecule has 2 aromatic heterocycles. The molecule has 0 saturated carbocycles. The minimum absolute atomic E-state index is 0.0937. The van der Waals surface area contributed by atoms with Crippen molar-refractivity contribution in [3.05, 3.63) is 83.9 Å². The van der Waals surface area contributed by atoms with Gasteiger partial charge in [0.25, 0.3) is 0 Å². The van der Waals surface area contributed by atoms with E-state index in [1.165, 1.54) is 11.1 Å². The minimum atomic E-state index is -0.105. The van der Waals surface area contributed by atoms with Gasteiger partial charge < -0.3 is 20.1 Å². The Morgan fingerprint density at radius 3 is 2.40 bits per heavy atom. The summed E-state index contributed by atoms with van der Waals surface area (Å²) in [7, 11) is 3.60. The second-order valence-corrected chi connectivity index (χ2v) is 8.84. The van der Waals surface area contributed by atoms with Crippen molar-refractivity contribution in [2.45, 2.75) is 37.6 Å². The first-order valence-corrected chi connectivity index (χ1v) is 12.1. The highest BCUT2D eigenvalue weighted by Gasteiger charge is 2.28. The predicted octanol–water partition coefficient (Wildman–Crippen LogP) is 4.11. The van der Waals surface area contributed by atoms with Gasteiger partial charge in [-0.2, -0.15) is 0 Å². The molecule has 5 rings (SSSR count). The maximum absolute atomic E-state index is 6.21. The first kappa shape index (κ1) is 23.4. The molecule has 0 radical (unpaired) electrons. The molecule has 35 heavy (non-hydrogen) atoms. The van der Waals surface area contributed by atoms with Crippen LogP contribution in [0.15, 0.2) is 67.0 Å². The second-order valence-electron chi connectivity index (χ2n) is 8.84. The molecule has 0 bridgehead atoms. The van der Waals surface area contributed by atoms with Gasteiger partial charge in [0, 0.05) is 19.6 Å². The number of fused-ring (bicyclic) bond motifs is 1. The summed E-state index contributed by atoms with van der Waals surface area (Å²) in [5.41, 5.74) is 4.04. The van der Waals surface area contributed by atoms with Crippen molar-refractivity contribution < 1.29 is 9.47 Å². The molecule has 8 heteroatoms. The molecule has 8 nitrogen and oxygen atoms in total. The molecule has 2 unspecified atom stereocenters. The Hall–Kier alpha value is -3.33. The zero-order valence-electron chi connectivity index (χ0n) is 20.2. The highest BCUT2D eigenvalue weighted by Crippen LogP contribution is 2.32. The zero-order valence-corrected chi connectivity index (χ0v) is 20.2. The highest BCUT2D eigenvalue weighted by molar-refractivity contribution is 5.83. The summed E-state index contributed by atoms with van der Waals surface area (Å²) in [6.45, 7) is 1.84. The normalized spacial score (nSPS) is 17.9. The van der Waals surface area contributed by atoms with Crippen LogP contribution in [0.2, 0.25) is 0 Å². The number of aromatic nitrogens is 4. The molecule has 0 amide bonds. The molecule has 0 spiro atoms. The van der Waals surface area contributed by atoms with Gasteiger partial charge in [0.05, 0.1) is 25.6 Å². The quantitative estimate of drug-likeness (QED) is 0.359. The smallest absolute Gasteiger partial charge is 0.167 e. The molecular weight excluding hydrogens is 440 g/mol. The van der Waals surface area contributed by atoms with E-state index in [4.69, 9.17) is 24.4 Å². The molecule has 1 saturated heterocycles. The van der Waals surface area contributed by atoms with Gasteiger partial charge in [0.1, 0.15) is 12.1 Å². The molecule has 4 aromatic rings. The first-order valence-electron chi connectivity index (χ1n) is 12.1. The largest absolute Gasteiger partial charge is 0.382 e. The third-order valence-corrected chi connectivity index (χ3v) is 6.43. The fourth-order valence-electron chi connectivity index (χ4n) is 4.73. The predicted molar refractivity (Wildman–Crippen MR) is 136 cm³/mol. The third-order valence-electron chi connectivity index (χ3n) is 6.43. The summed E-state index contributed by atoms with van der Waals surface area (Å²) < 4.78 is 13.5. The number of nitrogens with one attached hydrogen (secondary N) is 2. The zero-order chi connectivity index (χ0) is 24.0.